The predicted octanol–water partition coefficient (Wildman–Crippen LogP) is 6.62. The van der Waals surface area contributed by atoms with E-state index in [4.69, 9.17) is 0 Å². The monoisotopic (exact) mass is 356 g/mol. The van der Waals surface area contributed by atoms with Crippen LogP contribution in [0.4, 0.5) is 0 Å². The third kappa shape index (κ3) is 4.42. The van der Waals surface area contributed by atoms with E-state index in [0.717, 1.165) is 18.4 Å². The number of hydrogen-bond donors (Lipinski definition) is 1. The Morgan fingerprint density at radius 3 is 1.74 bits per heavy atom. The lowest BCUT2D eigenvalue weighted by Gasteiger charge is -2.24. The Labute approximate surface area is 162 Å². The molecule has 0 radical (unpaired) electrons. The molecule has 1 aliphatic rings. The molecular weight excluding hydrogens is 328 g/mol. The fourth-order valence-electron chi connectivity index (χ4n) is 4.40. The summed E-state index contributed by atoms with van der Waals surface area (Å²) in [7, 11) is 0. The van der Waals surface area contributed by atoms with E-state index >= 15 is 0 Å². The number of aromatic hydroxyl groups is 1. The van der Waals surface area contributed by atoms with Crippen LogP contribution in [0.15, 0.2) is 72.8 Å². The summed E-state index contributed by atoms with van der Waals surface area (Å²) >= 11 is 0. The van der Waals surface area contributed by atoms with Gasteiger partial charge in [0.2, 0.25) is 0 Å². The summed E-state index contributed by atoms with van der Waals surface area (Å²) in [6.45, 7) is 0. The van der Waals surface area contributed by atoms with Crippen molar-refractivity contribution >= 4 is 0 Å². The van der Waals surface area contributed by atoms with Crippen LogP contribution in [0.2, 0.25) is 0 Å². The molecule has 0 atom stereocenters. The first kappa shape index (κ1) is 17.9. The second kappa shape index (κ2) is 8.43. The van der Waals surface area contributed by atoms with Crippen LogP contribution in [0.5, 0.6) is 5.75 Å². The molecule has 1 N–H and O–H groups in total. The largest absolute Gasteiger partial charge is 0.508 e. The minimum atomic E-state index is 0.490. The number of benzene rings is 3. The van der Waals surface area contributed by atoms with Crippen molar-refractivity contribution in [2.24, 2.45) is 0 Å². The molecule has 138 valence electrons. The Hall–Kier alpha value is -2.54. The molecule has 0 heterocycles. The molecule has 1 heteroatoms. The van der Waals surface area contributed by atoms with Crippen molar-refractivity contribution in [2.75, 3.05) is 0 Å². The lowest BCUT2D eigenvalue weighted by molar-refractivity contribution is 0.413. The zero-order valence-electron chi connectivity index (χ0n) is 15.9. The van der Waals surface area contributed by atoms with Crippen molar-refractivity contribution in [1.82, 2.24) is 0 Å². The fraction of sp³-hybridized carbons (Fsp3) is 0.308. The molecular formula is C26H28O. The van der Waals surface area contributed by atoms with Crippen molar-refractivity contribution in [2.45, 2.75) is 50.9 Å². The Morgan fingerprint density at radius 1 is 0.667 bits per heavy atom. The van der Waals surface area contributed by atoms with Gasteiger partial charge in [-0.05, 0) is 65.5 Å². The van der Waals surface area contributed by atoms with Gasteiger partial charge in [0.05, 0.1) is 0 Å². The van der Waals surface area contributed by atoms with Gasteiger partial charge in [-0.25, -0.2) is 0 Å². The van der Waals surface area contributed by atoms with Crippen LogP contribution in [0.25, 0.3) is 0 Å². The van der Waals surface area contributed by atoms with E-state index in [2.05, 4.69) is 66.7 Å². The van der Waals surface area contributed by atoms with Crippen LogP contribution in [0.1, 0.15) is 65.8 Å². The minimum Gasteiger partial charge on any atom is -0.508 e. The number of phenols is 1. The molecule has 0 bridgehead atoms. The van der Waals surface area contributed by atoms with Crippen molar-refractivity contribution in [1.29, 1.82) is 0 Å². The maximum atomic E-state index is 10.8. The van der Waals surface area contributed by atoms with Gasteiger partial charge in [0, 0.05) is 0 Å². The number of rotatable bonds is 5. The highest BCUT2D eigenvalue weighted by atomic mass is 16.3. The zero-order chi connectivity index (χ0) is 18.5. The molecule has 4 rings (SSSR count). The van der Waals surface area contributed by atoms with Crippen LogP contribution in [0.3, 0.4) is 0 Å². The van der Waals surface area contributed by atoms with Gasteiger partial charge in [0.1, 0.15) is 5.75 Å². The maximum absolute atomic E-state index is 10.8. The fourth-order valence-corrected chi connectivity index (χ4v) is 4.40. The van der Waals surface area contributed by atoms with Gasteiger partial charge in [0.15, 0.2) is 0 Å². The first-order valence-electron chi connectivity index (χ1n) is 10.2. The van der Waals surface area contributed by atoms with Crippen LogP contribution in [-0.4, -0.2) is 5.11 Å². The van der Waals surface area contributed by atoms with Crippen molar-refractivity contribution < 1.29 is 5.11 Å². The minimum absolute atomic E-state index is 0.490. The normalized spacial score (nSPS) is 15.0. The maximum Gasteiger partial charge on any atom is 0.119 e. The summed E-state index contributed by atoms with van der Waals surface area (Å²) in [5.41, 5.74) is 6.37. The van der Waals surface area contributed by atoms with E-state index in [9.17, 15) is 5.11 Å². The average molecular weight is 357 g/mol. The molecule has 1 saturated carbocycles. The van der Waals surface area contributed by atoms with Gasteiger partial charge in [-0.15, -0.1) is 0 Å². The molecule has 3 aromatic rings. The highest BCUT2D eigenvalue weighted by Crippen LogP contribution is 2.39. The molecule has 1 fully saturated rings. The Bertz CT molecular complexity index is 861. The van der Waals surface area contributed by atoms with Crippen molar-refractivity contribution in [3.63, 3.8) is 0 Å². The third-order valence-electron chi connectivity index (χ3n) is 5.87. The molecule has 0 saturated heterocycles. The van der Waals surface area contributed by atoms with Crippen LogP contribution < -0.4 is 0 Å². The summed E-state index contributed by atoms with van der Waals surface area (Å²) in [5.74, 6) is 1.00. The second-order valence-corrected chi connectivity index (χ2v) is 7.84. The van der Waals surface area contributed by atoms with Crippen LogP contribution >= 0.6 is 0 Å². The zero-order valence-corrected chi connectivity index (χ0v) is 15.9. The number of phenolic OH excluding ortho intramolecular Hbond substituents is 1. The molecule has 1 aliphatic carbocycles. The summed E-state index contributed by atoms with van der Waals surface area (Å²) in [5, 5.41) is 10.8. The van der Waals surface area contributed by atoms with Crippen molar-refractivity contribution in [3.8, 4) is 5.75 Å². The Balaban J connectivity index is 1.70. The molecule has 0 aromatic heterocycles. The Morgan fingerprint density at radius 2 is 1.19 bits per heavy atom. The molecule has 0 aliphatic heterocycles. The lowest BCUT2D eigenvalue weighted by atomic mass is 9.81. The molecule has 1 nitrogen and oxygen atoms in total. The highest BCUT2D eigenvalue weighted by Gasteiger charge is 2.20. The topological polar surface area (TPSA) is 20.2 Å². The first-order chi connectivity index (χ1) is 13.3. The third-order valence-corrected chi connectivity index (χ3v) is 5.87. The summed E-state index contributed by atoms with van der Waals surface area (Å²) in [6, 6.07) is 25.6. The van der Waals surface area contributed by atoms with E-state index in [1.165, 1.54) is 54.4 Å². The van der Waals surface area contributed by atoms with Gasteiger partial charge in [0.25, 0.3) is 0 Å². The Kier molecular flexibility index (Phi) is 5.58. The van der Waals surface area contributed by atoms with Crippen LogP contribution in [0, 0.1) is 0 Å². The smallest absolute Gasteiger partial charge is 0.119 e. The van der Waals surface area contributed by atoms with E-state index in [1.807, 2.05) is 6.07 Å². The van der Waals surface area contributed by atoms with E-state index < -0.39 is 0 Å². The first-order valence-corrected chi connectivity index (χ1v) is 10.2. The van der Waals surface area contributed by atoms with E-state index in [-0.39, 0.29) is 0 Å². The van der Waals surface area contributed by atoms with Gasteiger partial charge < -0.3 is 5.11 Å². The lowest BCUT2D eigenvalue weighted by Crippen LogP contribution is -2.07. The summed E-state index contributed by atoms with van der Waals surface area (Å²) in [4.78, 5) is 0. The molecule has 0 spiro atoms. The van der Waals surface area contributed by atoms with Gasteiger partial charge in [-0.2, -0.15) is 0 Å². The standard InChI is InChI=1S/C26H28O/c27-26-19-24(17-21-12-6-2-7-13-21)23(16-20-10-4-1-5-11-20)18-25(26)22-14-8-3-9-15-22/h1-2,4-7,10-13,18-19,22,27H,3,8-9,14-17H2. The highest BCUT2D eigenvalue weighted by molar-refractivity contribution is 5.47. The molecule has 0 unspecified atom stereocenters. The van der Waals surface area contributed by atoms with Gasteiger partial charge >= 0.3 is 0 Å². The number of hydrogen-bond acceptors (Lipinski definition) is 1. The second-order valence-electron chi connectivity index (χ2n) is 7.84. The summed E-state index contributed by atoms with van der Waals surface area (Å²) < 4.78 is 0. The quantitative estimate of drug-likeness (QED) is 0.544. The molecule has 3 aromatic carbocycles. The molecule has 0 amide bonds. The predicted molar refractivity (Wildman–Crippen MR) is 112 cm³/mol. The SMILES string of the molecule is Oc1cc(Cc2ccccc2)c(Cc2ccccc2)cc1C1CCCCC1. The van der Waals surface area contributed by atoms with Gasteiger partial charge in [-0.1, -0.05) is 86.0 Å². The van der Waals surface area contributed by atoms with Crippen LogP contribution in [-0.2, 0) is 12.8 Å². The van der Waals surface area contributed by atoms with E-state index in [1.54, 1.807) is 0 Å². The average Bonchev–Trinajstić information content (AvgIpc) is 2.72. The van der Waals surface area contributed by atoms with Crippen molar-refractivity contribution in [3.05, 3.63) is 101 Å². The summed E-state index contributed by atoms with van der Waals surface area (Å²) in [6.07, 6.45) is 8.09. The van der Waals surface area contributed by atoms with Gasteiger partial charge in [-0.3, -0.25) is 0 Å². The van der Waals surface area contributed by atoms with E-state index in [0.29, 0.717) is 11.7 Å². The molecule has 27 heavy (non-hydrogen) atoms.